The van der Waals surface area contributed by atoms with Crippen molar-refractivity contribution in [1.29, 1.82) is 0 Å². The maximum Gasteiger partial charge on any atom is 0.240 e. The van der Waals surface area contributed by atoms with E-state index in [1.807, 2.05) is 48.2 Å². The van der Waals surface area contributed by atoms with Gasteiger partial charge in [0, 0.05) is 24.7 Å². The first kappa shape index (κ1) is 18.9. The largest absolute Gasteiger partial charge is 0.378 e. The average molecular weight is 372 g/mol. The van der Waals surface area contributed by atoms with Crippen LogP contribution in [0.4, 0.5) is 0 Å². The van der Waals surface area contributed by atoms with Crippen molar-refractivity contribution in [2.45, 2.75) is 37.0 Å². The summed E-state index contributed by atoms with van der Waals surface area (Å²) < 4.78 is 5.39. The fraction of sp³-hybridized carbons (Fsp3) is 0.450. The molecule has 1 saturated heterocycles. The molecule has 2 heterocycles. The second-order valence-corrected chi connectivity index (χ2v) is 7.83. The Morgan fingerprint density at radius 3 is 2.50 bits per heavy atom. The Morgan fingerprint density at radius 2 is 1.85 bits per heavy atom. The molecular formula is C20H25N3O2S. The van der Waals surface area contributed by atoms with Crippen LogP contribution < -0.4 is 0 Å². The number of hydrogen-bond donors (Lipinski definition) is 0. The normalized spacial score (nSPS) is 15.9. The number of amides is 1. The molecule has 1 aromatic carbocycles. The van der Waals surface area contributed by atoms with Gasteiger partial charge in [0.1, 0.15) is 16.1 Å². The first-order chi connectivity index (χ1) is 12.5. The molecule has 0 saturated carbocycles. The monoisotopic (exact) mass is 371 g/mol. The summed E-state index contributed by atoms with van der Waals surface area (Å²) in [5, 5.41) is 0.528. The number of aromatic nitrogens is 2. The molecule has 0 spiro atoms. The van der Waals surface area contributed by atoms with Crippen LogP contribution in [-0.4, -0.2) is 47.1 Å². The van der Waals surface area contributed by atoms with Crippen LogP contribution in [-0.2, 0) is 9.53 Å². The van der Waals surface area contributed by atoms with Crippen LogP contribution in [0.3, 0.4) is 0 Å². The average Bonchev–Trinajstić information content (AvgIpc) is 2.66. The van der Waals surface area contributed by atoms with Gasteiger partial charge in [0.05, 0.1) is 13.2 Å². The first-order valence-electron chi connectivity index (χ1n) is 8.98. The number of thioether (sulfide) groups is 1. The molecule has 1 atom stereocenters. The molecular weight excluding hydrogens is 346 g/mol. The summed E-state index contributed by atoms with van der Waals surface area (Å²) in [6, 6.07) is 11.9. The van der Waals surface area contributed by atoms with E-state index in [4.69, 9.17) is 4.74 Å². The summed E-state index contributed by atoms with van der Waals surface area (Å²) in [6.45, 7) is 8.61. The Kier molecular flexibility index (Phi) is 6.27. The zero-order chi connectivity index (χ0) is 18.5. The zero-order valence-electron chi connectivity index (χ0n) is 15.5. The van der Waals surface area contributed by atoms with Gasteiger partial charge in [-0.1, -0.05) is 55.9 Å². The molecule has 1 amide bonds. The highest BCUT2D eigenvalue weighted by molar-refractivity contribution is 8.00. The number of aryl methyl sites for hydroxylation is 1. The summed E-state index contributed by atoms with van der Waals surface area (Å²) in [4.78, 5) is 24.3. The molecule has 0 bridgehead atoms. The van der Waals surface area contributed by atoms with Gasteiger partial charge in [0.25, 0.3) is 0 Å². The van der Waals surface area contributed by atoms with Gasteiger partial charge in [0.15, 0.2) is 0 Å². The number of rotatable bonds is 5. The van der Waals surface area contributed by atoms with Gasteiger partial charge in [-0.25, -0.2) is 9.97 Å². The third-order valence-corrected chi connectivity index (χ3v) is 5.41. The van der Waals surface area contributed by atoms with Crippen LogP contribution in [0.15, 0.2) is 41.4 Å². The lowest BCUT2D eigenvalue weighted by Gasteiger charge is -2.30. The lowest BCUT2D eigenvalue weighted by molar-refractivity contribution is -0.134. The molecule has 138 valence electrons. The van der Waals surface area contributed by atoms with Crippen LogP contribution in [0.5, 0.6) is 0 Å². The van der Waals surface area contributed by atoms with Crippen LogP contribution in [0.1, 0.15) is 42.1 Å². The van der Waals surface area contributed by atoms with Gasteiger partial charge in [-0.2, -0.15) is 0 Å². The highest BCUT2D eigenvalue weighted by Gasteiger charge is 2.28. The molecule has 1 unspecified atom stereocenters. The lowest BCUT2D eigenvalue weighted by Crippen LogP contribution is -2.42. The van der Waals surface area contributed by atoms with E-state index in [9.17, 15) is 4.79 Å². The molecule has 1 aliphatic heterocycles. The van der Waals surface area contributed by atoms with Gasteiger partial charge in [-0.3, -0.25) is 4.79 Å². The molecule has 3 rings (SSSR count). The van der Waals surface area contributed by atoms with Crippen LogP contribution >= 0.6 is 11.8 Å². The number of nitrogens with zero attached hydrogens (tertiary/aromatic N) is 3. The van der Waals surface area contributed by atoms with E-state index in [1.54, 1.807) is 0 Å². The van der Waals surface area contributed by atoms with Crippen molar-refractivity contribution in [3.05, 3.63) is 53.5 Å². The number of carbonyl (C=O) groups is 1. The topological polar surface area (TPSA) is 55.3 Å². The third-order valence-electron chi connectivity index (χ3n) is 4.25. The summed E-state index contributed by atoms with van der Waals surface area (Å²) in [7, 11) is 0. The molecule has 26 heavy (non-hydrogen) atoms. The summed E-state index contributed by atoms with van der Waals surface area (Å²) >= 11 is 1.51. The molecule has 0 aliphatic carbocycles. The zero-order valence-corrected chi connectivity index (χ0v) is 16.3. The van der Waals surface area contributed by atoms with Gasteiger partial charge in [-0.15, -0.1) is 0 Å². The number of hydrogen-bond acceptors (Lipinski definition) is 5. The van der Waals surface area contributed by atoms with E-state index >= 15 is 0 Å². The number of morpholine rings is 1. The Balaban J connectivity index is 1.90. The van der Waals surface area contributed by atoms with Crippen molar-refractivity contribution in [3.8, 4) is 0 Å². The van der Waals surface area contributed by atoms with Gasteiger partial charge < -0.3 is 9.64 Å². The molecule has 5 nitrogen and oxygen atoms in total. The Morgan fingerprint density at radius 1 is 1.15 bits per heavy atom. The van der Waals surface area contributed by atoms with E-state index in [0.717, 1.165) is 22.1 Å². The van der Waals surface area contributed by atoms with E-state index in [1.165, 1.54) is 11.8 Å². The number of carbonyl (C=O) groups excluding carboxylic acids is 1. The maximum atomic E-state index is 13.2. The smallest absolute Gasteiger partial charge is 0.240 e. The van der Waals surface area contributed by atoms with Crippen molar-refractivity contribution >= 4 is 17.7 Å². The van der Waals surface area contributed by atoms with Crippen molar-refractivity contribution in [2.24, 2.45) is 0 Å². The summed E-state index contributed by atoms with van der Waals surface area (Å²) in [5.41, 5.74) is 1.92. The quantitative estimate of drug-likeness (QED) is 0.594. The van der Waals surface area contributed by atoms with Crippen LogP contribution in [0, 0.1) is 6.92 Å². The number of ether oxygens (including phenoxy) is 1. The van der Waals surface area contributed by atoms with E-state index in [-0.39, 0.29) is 17.1 Å². The minimum atomic E-state index is -0.316. The van der Waals surface area contributed by atoms with E-state index in [0.29, 0.717) is 26.3 Å². The summed E-state index contributed by atoms with van der Waals surface area (Å²) in [5.74, 6) is 1.18. The first-order valence-corrected chi connectivity index (χ1v) is 9.86. The maximum absolute atomic E-state index is 13.2. The van der Waals surface area contributed by atoms with Crippen LogP contribution in [0.25, 0.3) is 0 Å². The highest BCUT2D eigenvalue weighted by atomic mass is 32.2. The van der Waals surface area contributed by atoms with E-state index < -0.39 is 0 Å². The predicted octanol–water partition coefficient (Wildman–Crippen LogP) is 3.60. The van der Waals surface area contributed by atoms with Gasteiger partial charge in [0.2, 0.25) is 5.91 Å². The molecule has 1 aromatic heterocycles. The predicted molar refractivity (Wildman–Crippen MR) is 103 cm³/mol. The SMILES string of the molecule is Cc1cc(SC(C(=O)N2CCOCC2)c2ccccc2)nc(C(C)C)n1. The minimum Gasteiger partial charge on any atom is -0.378 e. The molecule has 0 radical (unpaired) electrons. The molecule has 1 fully saturated rings. The molecule has 6 heteroatoms. The Hall–Kier alpha value is -1.92. The van der Waals surface area contributed by atoms with Crippen LogP contribution in [0.2, 0.25) is 0 Å². The van der Waals surface area contributed by atoms with E-state index in [2.05, 4.69) is 23.8 Å². The Labute approximate surface area is 159 Å². The van der Waals surface area contributed by atoms with Crippen molar-refractivity contribution in [3.63, 3.8) is 0 Å². The van der Waals surface area contributed by atoms with Crippen molar-refractivity contribution in [2.75, 3.05) is 26.3 Å². The fourth-order valence-electron chi connectivity index (χ4n) is 2.84. The molecule has 2 aromatic rings. The Bertz CT molecular complexity index is 746. The van der Waals surface area contributed by atoms with Gasteiger partial charge in [-0.05, 0) is 18.6 Å². The summed E-state index contributed by atoms with van der Waals surface area (Å²) in [6.07, 6.45) is 0. The number of benzene rings is 1. The minimum absolute atomic E-state index is 0.117. The molecule has 1 aliphatic rings. The van der Waals surface area contributed by atoms with Crippen molar-refractivity contribution < 1.29 is 9.53 Å². The lowest BCUT2D eigenvalue weighted by atomic mass is 10.1. The fourth-order valence-corrected chi connectivity index (χ4v) is 4.01. The van der Waals surface area contributed by atoms with Crippen molar-refractivity contribution in [1.82, 2.24) is 14.9 Å². The van der Waals surface area contributed by atoms with Gasteiger partial charge >= 0.3 is 0 Å². The highest BCUT2D eigenvalue weighted by Crippen LogP contribution is 2.36. The second-order valence-electron chi connectivity index (χ2n) is 6.71. The third kappa shape index (κ3) is 4.62. The standard InChI is InChI=1S/C20H25N3O2S/c1-14(2)19-21-15(3)13-17(22-19)26-18(16-7-5-4-6-8-16)20(24)23-9-11-25-12-10-23/h4-8,13-14,18H,9-12H2,1-3H3. The second kappa shape index (κ2) is 8.64. The molecule has 0 N–H and O–H groups in total.